The fourth-order valence-electron chi connectivity index (χ4n) is 2.64. The lowest BCUT2D eigenvalue weighted by atomic mass is 9.96. The van der Waals surface area contributed by atoms with Gasteiger partial charge in [-0.2, -0.15) is 5.26 Å². The Hall–Kier alpha value is -2.39. The average molecular weight is 330 g/mol. The van der Waals surface area contributed by atoms with Crippen molar-refractivity contribution in [2.45, 2.75) is 25.7 Å². The van der Waals surface area contributed by atoms with Gasteiger partial charge in [0.25, 0.3) is 5.91 Å². The first-order valence-corrected chi connectivity index (χ1v) is 8.22. The van der Waals surface area contributed by atoms with E-state index < -0.39 is 11.7 Å². The molecule has 2 aromatic rings. The van der Waals surface area contributed by atoms with Crippen molar-refractivity contribution in [3.63, 3.8) is 0 Å². The lowest BCUT2D eigenvalue weighted by molar-refractivity contribution is -0.118. The number of carbonyl (C=O) groups excluding carboxylic acids is 1. The van der Waals surface area contributed by atoms with Gasteiger partial charge >= 0.3 is 0 Å². The van der Waals surface area contributed by atoms with Crippen LogP contribution in [0.25, 0.3) is 0 Å². The molecule has 1 heterocycles. The molecule has 1 aliphatic rings. The van der Waals surface area contributed by atoms with Gasteiger partial charge in [-0.1, -0.05) is 12.1 Å². The van der Waals surface area contributed by atoms with Crippen LogP contribution in [0.5, 0.6) is 5.75 Å². The molecule has 4 nitrogen and oxygen atoms in total. The van der Waals surface area contributed by atoms with Crippen molar-refractivity contribution in [2.24, 2.45) is 0 Å². The molecule has 0 saturated heterocycles. The van der Waals surface area contributed by atoms with Crippen LogP contribution >= 0.6 is 11.3 Å². The number of thiophene rings is 1. The number of nitrogens with one attached hydrogen (secondary N) is 1. The molecule has 3 rings (SSSR count). The molecule has 1 N–H and O–H groups in total. The zero-order valence-electron chi connectivity index (χ0n) is 12.4. The van der Waals surface area contributed by atoms with Crippen molar-refractivity contribution in [3.05, 3.63) is 46.1 Å². The summed E-state index contributed by atoms with van der Waals surface area (Å²) in [6.45, 7) is -0.297. The van der Waals surface area contributed by atoms with Gasteiger partial charge in [0.15, 0.2) is 18.2 Å². The Bertz CT molecular complexity index is 779. The van der Waals surface area contributed by atoms with Crippen molar-refractivity contribution in [1.29, 1.82) is 5.26 Å². The first-order valence-electron chi connectivity index (χ1n) is 7.41. The van der Waals surface area contributed by atoms with Crippen LogP contribution in [0.2, 0.25) is 0 Å². The lowest BCUT2D eigenvalue weighted by Gasteiger charge is -2.09. The second kappa shape index (κ2) is 6.80. The number of nitrogens with zero attached hydrogens (tertiary/aromatic N) is 1. The van der Waals surface area contributed by atoms with Gasteiger partial charge in [-0.3, -0.25) is 4.79 Å². The summed E-state index contributed by atoms with van der Waals surface area (Å²) in [7, 11) is 0. The van der Waals surface area contributed by atoms with Gasteiger partial charge in [0.2, 0.25) is 0 Å². The van der Waals surface area contributed by atoms with E-state index in [0.29, 0.717) is 10.6 Å². The molecule has 0 atom stereocenters. The monoisotopic (exact) mass is 330 g/mol. The molecule has 0 spiro atoms. The number of hydrogen-bond donors (Lipinski definition) is 1. The molecule has 1 aromatic heterocycles. The number of nitriles is 1. The van der Waals surface area contributed by atoms with E-state index in [4.69, 9.17) is 4.74 Å². The third kappa shape index (κ3) is 3.35. The Morgan fingerprint density at radius 3 is 2.91 bits per heavy atom. The van der Waals surface area contributed by atoms with Crippen molar-refractivity contribution in [2.75, 3.05) is 11.9 Å². The quantitative estimate of drug-likeness (QED) is 0.930. The smallest absolute Gasteiger partial charge is 0.262 e. The van der Waals surface area contributed by atoms with E-state index in [1.165, 1.54) is 28.3 Å². The standard InChI is InChI=1S/C17H15FN2O2S/c18-13-6-2-3-7-14(13)22-10-16(21)20-17-12(9-19)11-5-1-4-8-15(11)23-17/h2-3,6-7H,1,4-5,8,10H2,(H,20,21). The Morgan fingerprint density at radius 2 is 2.13 bits per heavy atom. The van der Waals surface area contributed by atoms with Crippen LogP contribution in [-0.4, -0.2) is 12.5 Å². The molecular formula is C17H15FN2O2S. The van der Waals surface area contributed by atoms with Gasteiger partial charge in [0.05, 0.1) is 5.56 Å². The van der Waals surface area contributed by atoms with Crippen LogP contribution in [0.15, 0.2) is 24.3 Å². The van der Waals surface area contributed by atoms with E-state index in [1.54, 1.807) is 12.1 Å². The van der Waals surface area contributed by atoms with Crippen molar-refractivity contribution in [1.82, 2.24) is 0 Å². The summed E-state index contributed by atoms with van der Waals surface area (Å²) < 4.78 is 18.6. The number of aryl methyl sites for hydroxylation is 1. The summed E-state index contributed by atoms with van der Waals surface area (Å²) in [5, 5.41) is 12.6. The number of carbonyl (C=O) groups is 1. The third-order valence-electron chi connectivity index (χ3n) is 3.73. The van der Waals surface area contributed by atoms with Gasteiger partial charge in [0, 0.05) is 4.88 Å². The molecule has 0 fully saturated rings. The van der Waals surface area contributed by atoms with E-state index in [-0.39, 0.29) is 12.4 Å². The van der Waals surface area contributed by atoms with E-state index >= 15 is 0 Å². The summed E-state index contributed by atoms with van der Waals surface area (Å²) in [6, 6.07) is 8.11. The number of para-hydroxylation sites is 1. The number of ether oxygens (including phenoxy) is 1. The maximum Gasteiger partial charge on any atom is 0.262 e. The van der Waals surface area contributed by atoms with Crippen molar-refractivity contribution >= 4 is 22.2 Å². The topological polar surface area (TPSA) is 62.1 Å². The van der Waals surface area contributed by atoms with Crippen molar-refractivity contribution < 1.29 is 13.9 Å². The van der Waals surface area contributed by atoms with Gasteiger partial charge in [-0.05, 0) is 43.4 Å². The Morgan fingerprint density at radius 1 is 1.35 bits per heavy atom. The first kappa shape index (κ1) is 15.5. The number of halogens is 1. The number of amides is 1. The van der Waals surface area contributed by atoms with Gasteiger partial charge < -0.3 is 10.1 Å². The van der Waals surface area contributed by atoms with Crippen molar-refractivity contribution in [3.8, 4) is 11.8 Å². The number of hydrogen-bond acceptors (Lipinski definition) is 4. The molecule has 1 aliphatic carbocycles. The second-order valence-electron chi connectivity index (χ2n) is 5.29. The predicted octanol–water partition coefficient (Wildman–Crippen LogP) is 3.66. The van der Waals surface area contributed by atoms with Crippen LogP contribution in [0.4, 0.5) is 9.39 Å². The predicted molar refractivity (Wildman–Crippen MR) is 86.2 cm³/mol. The fraction of sp³-hybridized carbons (Fsp3) is 0.294. The van der Waals surface area contributed by atoms with E-state index in [1.807, 2.05) is 0 Å². The largest absolute Gasteiger partial charge is 0.481 e. The highest BCUT2D eigenvalue weighted by Gasteiger charge is 2.21. The maximum absolute atomic E-state index is 13.4. The van der Waals surface area contributed by atoms with Crippen LogP contribution < -0.4 is 10.1 Å². The van der Waals surface area contributed by atoms with Crippen LogP contribution in [0.3, 0.4) is 0 Å². The third-order valence-corrected chi connectivity index (χ3v) is 4.94. The number of fused-ring (bicyclic) bond motifs is 1. The molecular weight excluding hydrogens is 315 g/mol. The zero-order chi connectivity index (χ0) is 16.2. The molecule has 0 unspecified atom stereocenters. The Kier molecular flexibility index (Phi) is 4.58. The summed E-state index contributed by atoms with van der Waals surface area (Å²) in [6.07, 6.45) is 4.02. The molecule has 0 saturated carbocycles. The SMILES string of the molecule is N#Cc1c(NC(=O)COc2ccccc2F)sc2c1CCCC2. The van der Waals surface area contributed by atoms with E-state index in [2.05, 4.69) is 11.4 Å². The first-order chi connectivity index (χ1) is 11.2. The molecule has 1 amide bonds. The van der Waals surface area contributed by atoms with Crippen LogP contribution in [0.1, 0.15) is 28.8 Å². The molecule has 0 bridgehead atoms. The summed E-state index contributed by atoms with van der Waals surface area (Å²) in [4.78, 5) is 13.2. The maximum atomic E-state index is 13.4. The van der Waals surface area contributed by atoms with Gasteiger partial charge in [-0.15, -0.1) is 11.3 Å². The van der Waals surface area contributed by atoms with E-state index in [0.717, 1.165) is 31.2 Å². The highest BCUT2D eigenvalue weighted by molar-refractivity contribution is 7.16. The minimum atomic E-state index is -0.510. The summed E-state index contributed by atoms with van der Waals surface area (Å²) >= 11 is 1.46. The summed E-state index contributed by atoms with van der Waals surface area (Å²) in [5.74, 6) is -0.874. The zero-order valence-corrected chi connectivity index (χ0v) is 13.2. The van der Waals surface area contributed by atoms with Gasteiger partial charge in [-0.25, -0.2) is 4.39 Å². The minimum absolute atomic E-state index is 0.0358. The van der Waals surface area contributed by atoms with E-state index in [9.17, 15) is 14.4 Å². The van der Waals surface area contributed by atoms with Crippen LogP contribution in [0, 0.1) is 17.1 Å². The molecule has 0 radical (unpaired) electrons. The number of benzene rings is 1. The normalized spacial score (nSPS) is 13.0. The van der Waals surface area contributed by atoms with Crippen LogP contribution in [-0.2, 0) is 17.6 Å². The molecule has 23 heavy (non-hydrogen) atoms. The minimum Gasteiger partial charge on any atom is -0.481 e. The molecule has 6 heteroatoms. The summed E-state index contributed by atoms with van der Waals surface area (Å²) in [5.41, 5.74) is 1.62. The second-order valence-corrected chi connectivity index (χ2v) is 6.40. The average Bonchev–Trinajstić information content (AvgIpc) is 2.91. The highest BCUT2D eigenvalue weighted by atomic mass is 32.1. The highest BCUT2D eigenvalue weighted by Crippen LogP contribution is 2.37. The molecule has 0 aliphatic heterocycles. The Labute approximate surface area is 137 Å². The lowest BCUT2D eigenvalue weighted by Crippen LogP contribution is -2.20. The molecule has 1 aromatic carbocycles. The number of rotatable bonds is 4. The fourth-order valence-corrected chi connectivity index (χ4v) is 3.90. The molecule has 118 valence electrons. The number of anilines is 1. The van der Waals surface area contributed by atoms with Gasteiger partial charge in [0.1, 0.15) is 11.1 Å². The Balaban J connectivity index is 1.68.